The highest BCUT2D eigenvalue weighted by molar-refractivity contribution is 9.10. The van der Waals surface area contributed by atoms with Crippen LogP contribution in [0.15, 0.2) is 10.5 Å². The first-order chi connectivity index (χ1) is 7.65. The van der Waals surface area contributed by atoms with E-state index in [1.807, 2.05) is 0 Å². The second-order valence-electron chi connectivity index (χ2n) is 3.21. The number of aliphatic hydroxyl groups excluding tert-OH is 1. The van der Waals surface area contributed by atoms with E-state index in [0.29, 0.717) is 28.6 Å². The Morgan fingerprint density at radius 2 is 2.06 bits per heavy atom. The summed E-state index contributed by atoms with van der Waals surface area (Å²) >= 11 is 3.28. The van der Waals surface area contributed by atoms with Gasteiger partial charge in [0.2, 0.25) is 0 Å². The molecule has 1 N–H and O–H groups in total. The third kappa shape index (κ3) is 2.65. The van der Waals surface area contributed by atoms with E-state index in [9.17, 15) is 4.39 Å². The van der Waals surface area contributed by atoms with Crippen molar-refractivity contribution in [3.8, 4) is 11.5 Å². The van der Waals surface area contributed by atoms with Crippen molar-refractivity contribution in [2.75, 3.05) is 20.8 Å². The lowest BCUT2D eigenvalue weighted by molar-refractivity contribution is 0.287. The average molecular weight is 293 g/mol. The summed E-state index contributed by atoms with van der Waals surface area (Å²) < 4.78 is 24.6. The van der Waals surface area contributed by atoms with Crippen LogP contribution in [0.5, 0.6) is 11.5 Å². The zero-order chi connectivity index (χ0) is 12.1. The molecule has 0 saturated heterocycles. The lowest BCUT2D eigenvalue weighted by Gasteiger charge is -2.13. The number of hydrogen-bond donors (Lipinski definition) is 1. The summed E-state index contributed by atoms with van der Waals surface area (Å²) in [6, 6.07) is 1.66. The van der Waals surface area contributed by atoms with Gasteiger partial charge in [0.15, 0.2) is 17.3 Å². The molecule has 0 fully saturated rings. The van der Waals surface area contributed by atoms with E-state index in [-0.39, 0.29) is 12.4 Å². The summed E-state index contributed by atoms with van der Waals surface area (Å²) in [4.78, 5) is 0. The second kappa shape index (κ2) is 6.06. The molecule has 0 aliphatic carbocycles. The van der Waals surface area contributed by atoms with Crippen LogP contribution >= 0.6 is 15.9 Å². The molecule has 0 radical (unpaired) electrons. The molecule has 0 heterocycles. The minimum absolute atomic E-state index is 0.0280. The van der Waals surface area contributed by atoms with Gasteiger partial charge in [0.05, 0.1) is 14.2 Å². The summed E-state index contributed by atoms with van der Waals surface area (Å²) in [6.07, 6.45) is 0.953. The summed E-state index contributed by atoms with van der Waals surface area (Å²) in [6.45, 7) is 0.0280. The van der Waals surface area contributed by atoms with Crippen LogP contribution in [0, 0.1) is 5.82 Å². The first-order valence-electron chi connectivity index (χ1n) is 4.85. The maximum absolute atomic E-state index is 14.0. The molecule has 0 aliphatic heterocycles. The molecule has 0 aliphatic rings. The number of ether oxygens (including phenoxy) is 2. The lowest BCUT2D eigenvalue weighted by atomic mass is 10.1. The smallest absolute Gasteiger partial charge is 0.197 e. The quantitative estimate of drug-likeness (QED) is 0.906. The first kappa shape index (κ1) is 13.3. The fourth-order valence-corrected chi connectivity index (χ4v) is 2.02. The second-order valence-corrected chi connectivity index (χ2v) is 4.07. The Morgan fingerprint density at radius 1 is 1.38 bits per heavy atom. The van der Waals surface area contributed by atoms with Crippen LogP contribution in [0.25, 0.3) is 0 Å². The molecule has 0 saturated carbocycles. The highest BCUT2D eigenvalue weighted by Gasteiger charge is 2.18. The Bertz CT molecular complexity index is 369. The zero-order valence-corrected chi connectivity index (χ0v) is 10.8. The molecule has 5 heteroatoms. The molecule has 1 rings (SSSR count). The Morgan fingerprint density at radius 3 is 2.56 bits per heavy atom. The molecular formula is C11H14BrFO3. The molecule has 90 valence electrons. The fourth-order valence-electron chi connectivity index (χ4n) is 1.44. The van der Waals surface area contributed by atoms with E-state index in [4.69, 9.17) is 14.6 Å². The molecule has 1 aromatic rings. The standard InChI is InChI=1S/C11H14BrFO3/c1-15-9-6-8(12)7(4-3-5-14)10(13)11(9)16-2/h6,14H,3-5H2,1-2H3. The summed E-state index contributed by atoms with van der Waals surface area (Å²) in [5, 5.41) is 8.74. The van der Waals surface area contributed by atoms with Crippen molar-refractivity contribution in [3.05, 3.63) is 21.9 Å². The first-order valence-corrected chi connectivity index (χ1v) is 5.64. The molecule has 0 spiro atoms. The maximum Gasteiger partial charge on any atom is 0.197 e. The zero-order valence-electron chi connectivity index (χ0n) is 9.22. The monoisotopic (exact) mass is 292 g/mol. The minimum Gasteiger partial charge on any atom is -0.493 e. The van der Waals surface area contributed by atoms with E-state index in [1.54, 1.807) is 6.07 Å². The van der Waals surface area contributed by atoms with Gasteiger partial charge < -0.3 is 14.6 Å². The van der Waals surface area contributed by atoms with Gasteiger partial charge in [0.25, 0.3) is 0 Å². The van der Waals surface area contributed by atoms with E-state index < -0.39 is 5.82 Å². The fraction of sp³-hybridized carbons (Fsp3) is 0.455. The Kier molecular flexibility index (Phi) is 5.02. The van der Waals surface area contributed by atoms with Crippen molar-refractivity contribution in [1.29, 1.82) is 0 Å². The molecule has 3 nitrogen and oxygen atoms in total. The molecule has 0 aromatic heterocycles. The third-order valence-electron chi connectivity index (χ3n) is 2.24. The van der Waals surface area contributed by atoms with E-state index >= 15 is 0 Å². The highest BCUT2D eigenvalue weighted by Crippen LogP contribution is 2.37. The normalized spacial score (nSPS) is 10.3. The van der Waals surface area contributed by atoms with Crippen molar-refractivity contribution in [1.82, 2.24) is 0 Å². The van der Waals surface area contributed by atoms with Gasteiger partial charge in [-0.25, -0.2) is 4.39 Å². The number of rotatable bonds is 5. The summed E-state index contributed by atoms with van der Waals surface area (Å²) in [5.74, 6) is 0.000406. The topological polar surface area (TPSA) is 38.7 Å². The van der Waals surface area contributed by atoms with Crippen molar-refractivity contribution in [2.45, 2.75) is 12.8 Å². The Hall–Kier alpha value is -0.810. The minimum atomic E-state index is -0.442. The van der Waals surface area contributed by atoms with Crippen molar-refractivity contribution < 1.29 is 19.0 Å². The predicted octanol–water partition coefficient (Wildman–Crippen LogP) is 2.53. The molecule has 16 heavy (non-hydrogen) atoms. The summed E-state index contributed by atoms with van der Waals surface area (Å²) in [5.41, 5.74) is 0.492. The third-order valence-corrected chi connectivity index (χ3v) is 2.95. The van der Waals surface area contributed by atoms with E-state index in [1.165, 1.54) is 14.2 Å². The lowest BCUT2D eigenvalue weighted by Crippen LogP contribution is -2.01. The van der Waals surface area contributed by atoms with Crippen molar-refractivity contribution in [2.24, 2.45) is 0 Å². The van der Waals surface area contributed by atoms with Crippen LogP contribution in [0.4, 0.5) is 4.39 Å². The van der Waals surface area contributed by atoms with Gasteiger partial charge in [-0.1, -0.05) is 15.9 Å². The van der Waals surface area contributed by atoms with Gasteiger partial charge in [-0.2, -0.15) is 0 Å². The van der Waals surface area contributed by atoms with Crippen LogP contribution < -0.4 is 9.47 Å². The SMILES string of the molecule is COc1cc(Br)c(CCCO)c(F)c1OC. The van der Waals surface area contributed by atoms with Crippen LogP contribution in [-0.4, -0.2) is 25.9 Å². The van der Waals surface area contributed by atoms with E-state index in [2.05, 4.69) is 15.9 Å². The number of methoxy groups -OCH3 is 2. The predicted molar refractivity (Wildman–Crippen MR) is 62.6 cm³/mol. The number of hydrogen-bond acceptors (Lipinski definition) is 3. The van der Waals surface area contributed by atoms with Gasteiger partial charge in [-0.05, 0) is 18.9 Å². The maximum atomic E-state index is 14.0. The van der Waals surface area contributed by atoms with Crippen molar-refractivity contribution in [3.63, 3.8) is 0 Å². The number of benzene rings is 1. The summed E-state index contributed by atoms with van der Waals surface area (Å²) in [7, 11) is 2.85. The highest BCUT2D eigenvalue weighted by atomic mass is 79.9. The number of aliphatic hydroxyl groups is 1. The van der Waals surface area contributed by atoms with Crippen LogP contribution in [0.1, 0.15) is 12.0 Å². The van der Waals surface area contributed by atoms with Crippen LogP contribution in [0.2, 0.25) is 0 Å². The van der Waals surface area contributed by atoms with Gasteiger partial charge in [0, 0.05) is 16.6 Å². The van der Waals surface area contributed by atoms with Gasteiger partial charge in [-0.3, -0.25) is 0 Å². The van der Waals surface area contributed by atoms with Gasteiger partial charge in [-0.15, -0.1) is 0 Å². The average Bonchev–Trinajstić information content (AvgIpc) is 2.28. The molecule has 0 amide bonds. The van der Waals surface area contributed by atoms with E-state index in [0.717, 1.165) is 0 Å². The molecule has 0 atom stereocenters. The van der Waals surface area contributed by atoms with Gasteiger partial charge in [0.1, 0.15) is 0 Å². The molecule has 1 aromatic carbocycles. The number of halogens is 2. The molecule has 0 bridgehead atoms. The molecule has 0 unspecified atom stereocenters. The van der Waals surface area contributed by atoms with Crippen LogP contribution in [0.3, 0.4) is 0 Å². The Labute approximate surface area is 102 Å². The largest absolute Gasteiger partial charge is 0.493 e. The van der Waals surface area contributed by atoms with Crippen molar-refractivity contribution >= 4 is 15.9 Å². The van der Waals surface area contributed by atoms with Gasteiger partial charge >= 0.3 is 0 Å². The Balaban J connectivity index is 3.18. The molecular weight excluding hydrogens is 279 g/mol. The van der Waals surface area contributed by atoms with Crippen LogP contribution in [-0.2, 0) is 6.42 Å².